The third kappa shape index (κ3) is 2.99. The number of halogens is 2. The van der Waals surface area contributed by atoms with Crippen LogP contribution in [0.25, 0.3) is 0 Å². The molecule has 18 heavy (non-hydrogen) atoms. The molecular weight excluding hydrogens is 295 g/mol. The molecule has 98 valence electrons. The van der Waals surface area contributed by atoms with Crippen molar-refractivity contribution in [1.29, 1.82) is 0 Å². The van der Waals surface area contributed by atoms with E-state index in [1.807, 2.05) is 12.1 Å². The summed E-state index contributed by atoms with van der Waals surface area (Å²) in [5, 5.41) is 3.32. The summed E-state index contributed by atoms with van der Waals surface area (Å²) in [6, 6.07) is 5.22. The van der Waals surface area contributed by atoms with E-state index < -0.39 is 0 Å². The number of piperazine rings is 1. The molecule has 0 unspecified atom stereocenters. The largest absolute Gasteiger partial charge is 0.314 e. The van der Waals surface area contributed by atoms with E-state index in [0.29, 0.717) is 0 Å². The first kappa shape index (κ1) is 13.7. The Balaban J connectivity index is 2.30. The van der Waals surface area contributed by atoms with Crippen LogP contribution in [-0.2, 0) is 0 Å². The molecule has 1 aliphatic rings. The number of benzene rings is 1. The van der Waals surface area contributed by atoms with Gasteiger partial charge in [0.15, 0.2) is 0 Å². The van der Waals surface area contributed by atoms with Crippen LogP contribution >= 0.6 is 15.9 Å². The Morgan fingerprint density at radius 2 is 2.17 bits per heavy atom. The lowest BCUT2D eigenvalue weighted by Gasteiger charge is -2.35. The fourth-order valence-corrected chi connectivity index (χ4v) is 3.04. The summed E-state index contributed by atoms with van der Waals surface area (Å²) < 4.78 is 14.9. The molecule has 1 saturated heterocycles. The van der Waals surface area contributed by atoms with Crippen LogP contribution in [0.15, 0.2) is 35.3 Å². The molecule has 1 aliphatic heterocycles. The van der Waals surface area contributed by atoms with E-state index in [4.69, 9.17) is 0 Å². The van der Waals surface area contributed by atoms with Crippen molar-refractivity contribution in [3.8, 4) is 0 Å². The fourth-order valence-electron chi connectivity index (χ4n) is 2.43. The minimum Gasteiger partial charge on any atom is -0.314 e. The number of hydrogen-bond donors (Lipinski definition) is 1. The van der Waals surface area contributed by atoms with E-state index in [0.717, 1.165) is 42.6 Å². The molecule has 1 heterocycles. The molecule has 2 nitrogen and oxygen atoms in total. The van der Waals surface area contributed by atoms with Crippen LogP contribution in [0.3, 0.4) is 0 Å². The maximum absolute atomic E-state index is 14.1. The maximum Gasteiger partial charge on any atom is 0.129 e. The van der Waals surface area contributed by atoms with Crippen LogP contribution in [0.2, 0.25) is 0 Å². The lowest BCUT2D eigenvalue weighted by atomic mass is 10.0. The van der Waals surface area contributed by atoms with E-state index in [9.17, 15) is 4.39 Å². The highest BCUT2D eigenvalue weighted by Gasteiger charge is 2.25. The van der Waals surface area contributed by atoms with Gasteiger partial charge in [-0.15, -0.1) is 6.58 Å². The summed E-state index contributed by atoms with van der Waals surface area (Å²) in [6.45, 7) is 7.60. The number of rotatable bonds is 4. The Hall–Kier alpha value is -0.710. The highest BCUT2D eigenvalue weighted by atomic mass is 79.9. The number of nitrogens with one attached hydrogen (secondary N) is 1. The Kier molecular flexibility index (Phi) is 4.92. The van der Waals surface area contributed by atoms with Crippen LogP contribution in [0, 0.1) is 5.82 Å². The van der Waals surface area contributed by atoms with Crippen molar-refractivity contribution >= 4 is 15.9 Å². The van der Waals surface area contributed by atoms with Gasteiger partial charge in [0.25, 0.3) is 0 Å². The van der Waals surface area contributed by atoms with Crippen molar-refractivity contribution in [3.05, 3.63) is 46.7 Å². The van der Waals surface area contributed by atoms with Crippen molar-refractivity contribution < 1.29 is 4.39 Å². The van der Waals surface area contributed by atoms with Crippen molar-refractivity contribution in [2.75, 3.05) is 26.2 Å². The average Bonchev–Trinajstić information content (AvgIpc) is 2.38. The van der Waals surface area contributed by atoms with Gasteiger partial charge in [0.2, 0.25) is 0 Å². The van der Waals surface area contributed by atoms with Crippen molar-refractivity contribution in [3.63, 3.8) is 0 Å². The van der Waals surface area contributed by atoms with Gasteiger partial charge in [0, 0.05) is 42.3 Å². The van der Waals surface area contributed by atoms with Crippen LogP contribution in [-0.4, -0.2) is 31.1 Å². The fraction of sp³-hybridized carbons (Fsp3) is 0.429. The second-order valence-electron chi connectivity index (χ2n) is 4.46. The molecule has 1 aromatic rings. The summed E-state index contributed by atoms with van der Waals surface area (Å²) in [4.78, 5) is 2.32. The first-order chi connectivity index (χ1) is 8.74. The zero-order chi connectivity index (χ0) is 13.0. The van der Waals surface area contributed by atoms with Gasteiger partial charge in [-0.1, -0.05) is 28.1 Å². The minimum absolute atomic E-state index is 0.0696. The summed E-state index contributed by atoms with van der Waals surface area (Å²) >= 11 is 3.47. The molecule has 4 heteroatoms. The zero-order valence-electron chi connectivity index (χ0n) is 10.3. The number of nitrogens with zero attached hydrogens (tertiary/aromatic N) is 1. The van der Waals surface area contributed by atoms with Gasteiger partial charge in [-0.05, 0) is 18.6 Å². The molecule has 2 rings (SSSR count). The van der Waals surface area contributed by atoms with Crippen molar-refractivity contribution in [1.82, 2.24) is 10.2 Å². The normalized spacial score (nSPS) is 18.6. The average molecular weight is 313 g/mol. The first-order valence-electron chi connectivity index (χ1n) is 6.23. The van der Waals surface area contributed by atoms with Crippen LogP contribution < -0.4 is 5.32 Å². The van der Waals surface area contributed by atoms with E-state index >= 15 is 0 Å². The quantitative estimate of drug-likeness (QED) is 0.859. The third-order valence-electron chi connectivity index (χ3n) is 3.32. The van der Waals surface area contributed by atoms with Gasteiger partial charge in [-0.2, -0.15) is 0 Å². The molecule has 0 radical (unpaired) electrons. The Labute approximate surface area is 116 Å². The summed E-state index contributed by atoms with van der Waals surface area (Å²) in [5.74, 6) is -0.144. The van der Waals surface area contributed by atoms with E-state index in [1.54, 1.807) is 6.07 Å². The van der Waals surface area contributed by atoms with Gasteiger partial charge in [0.05, 0.1) is 0 Å². The molecular formula is C14H18BrFN2. The van der Waals surface area contributed by atoms with Crippen molar-refractivity contribution in [2.24, 2.45) is 0 Å². The summed E-state index contributed by atoms with van der Waals surface area (Å²) in [5.41, 5.74) is 0.749. The molecule has 1 fully saturated rings. The predicted molar refractivity (Wildman–Crippen MR) is 76.1 cm³/mol. The molecule has 1 aromatic carbocycles. The lowest BCUT2D eigenvalue weighted by molar-refractivity contribution is 0.171. The SMILES string of the molecule is C=CC[C@@H](c1c(F)cccc1Br)N1CCNCC1. The summed E-state index contributed by atoms with van der Waals surface area (Å²) in [7, 11) is 0. The third-order valence-corrected chi connectivity index (χ3v) is 4.01. The van der Waals surface area contributed by atoms with E-state index in [2.05, 4.69) is 32.7 Å². The van der Waals surface area contributed by atoms with Gasteiger partial charge in [0.1, 0.15) is 5.82 Å². The minimum atomic E-state index is -0.144. The second kappa shape index (κ2) is 6.45. The summed E-state index contributed by atoms with van der Waals surface area (Å²) in [6.07, 6.45) is 2.63. The van der Waals surface area contributed by atoms with Crippen molar-refractivity contribution in [2.45, 2.75) is 12.5 Å². The standard InChI is InChI=1S/C14H18BrFN2/c1-2-4-13(18-9-7-17-8-10-18)14-11(15)5-3-6-12(14)16/h2-3,5-6,13,17H,1,4,7-10H2/t13-/m0/s1. The first-order valence-corrected chi connectivity index (χ1v) is 7.03. The highest BCUT2D eigenvalue weighted by Crippen LogP contribution is 2.33. The molecule has 1 N–H and O–H groups in total. The monoisotopic (exact) mass is 312 g/mol. The van der Waals surface area contributed by atoms with E-state index in [1.165, 1.54) is 6.07 Å². The topological polar surface area (TPSA) is 15.3 Å². The molecule has 0 saturated carbocycles. The highest BCUT2D eigenvalue weighted by molar-refractivity contribution is 9.10. The Morgan fingerprint density at radius 1 is 1.44 bits per heavy atom. The lowest BCUT2D eigenvalue weighted by Crippen LogP contribution is -2.45. The van der Waals surface area contributed by atoms with Gasteiger partial charge in [-0.3, -0.25) is 4.90 Å². The maximum atomic E-state index is 14.1. The zero-order valence-corrected chi connectivity index (χ0v) is 11.9. The molecule has 0 amide bonds. The van der Waals surface area contributed by atoms with Crippen LogP contribution in [0.5, 0.6) is 0 Å². The molecule has 1 atom stereocenters. The molecule has 0 aliphatic carbocycles. The van der Waals surface area contributed by atoms with Gasteiger partial charge in [-0.25, -0.2) is 4.39 Å². The van der Waals surface area contributed by atoms with Gasteiger partial charge >= 0.3 is 0 Å². The molecule has 0 spiro atoms. The smallest absolute Gasteiger partial charge is 0.129 e. The Bertz CT molecular complexity index is 396. The van der Waals surface area contributed by atoms with Crippen LogP contribution in [0.4, 0.5) is 4.39 Å². The second-order valence-corrected chi connectivity index (χ2v) is 5.32. The molecule has 0 aromatic heterocycles. The predicted octanol–water partition coefficient (Wildman–Crippen LogP) is 3.11. The Morgan fingerprint density at radius 3 is 2.78 bits per heavy atom. The molecule has 0 bridgehead atoms. The van der Waals surface area contributed by atoms with E-state index in [-0.39, 0.29) is 11.9 Å². The number of hydrogen-bond acceptors (Lipinski definition) is 2. The van der Waals surface area contributed by atoms with Crippen LogP contribution in [0.1, 0.15) is 18.0 Å². The van der Waals surface area contributed by atoms with Gasteiger partial charge < -0.3 is 5.32 Å².